The number of amides is 3. The number of carbonyl (C=O) groups is 3. The molecule has 10 nitrogen and oxygen atoms in total. The molecule has 0 radical (unpaired) electrons. The minimum Gasteiger partial charge on any atom is -0.481 e. The van der Waals surface area contributed by atoms with Gasteiger partial charge >= 0.3 is 23.8 Å². The Morgan fingerprint density at radius 3 is 2.45 bits per heavy atom. The van der Waals surface area contributed by atoms with Crippen molar-refractivity contribution in [1.29, 1.82) is 0 Å². The van der Waals surface area contributed by atoms with Crippen LogP contribution < -0.4 is 10.6 Å². The molecule has 10 heteroatoms. The number of aliphatic carboxylic acids is 1. The number of urea groups is 1. The summed E-state index contributed by atoms with van der Waals surface area (Å²) < 4.78 is 5.06. The van der Waals surface area contributed by atoms with Crippen LogP contribution >= 0.6 is 0 Å². The quantitative estimate of drug-likeness (QED) is 0.530. The van der Waals surface area contributed by atoms with Crippen LogP contribution in [0.3, 0.4) is 0 Å². The van der Waals surface area contributed by atoms with E-state index in [2.05, 4.69) is 20.8 Å². The van der Waals surface area contributed by atoms with Crippen LogP contribution in [0.2, 0.25) is 0 Å². The van der Waals surface area contributed by atoms with Gasteiger partial charge in [-0.3, -0.25) is 9.59 Å². The highest BCUT2D eigenvalue weighted by Gasteiger charge is 2.25. The summed E-state index contributed by atoms with van der Waals surface area (Å²) in [5.41, 5.74) is 1.68. The molecule has 0 saturated heterocycles. The van der Waals surface area contributed by atoms with Crippen LogP contribution in [0.1, 0.15) is 24.0 Å². The first-order valence-electron chi connectivity index (χ1n) is 9.39. The number of rotatable bonds is 7. The summed E-state index contributed by atoms with van der Waals surface area (Å²) in [5, 5.41) is 18.1. The molecule has 0 spiro atoms. The Morgan fingerprint density at radius 1 is 1.06 bits per heavy atom. The molecule has 31 heavy (non-hydrogen) atoms. The summed E-state index contributed by atoms with van der Waals surface area (Å²) in [6.07, 6.45) is -0.206. The summed E-state index contributed by atoms with van der Waals surface area (Å²) in [5.74, 6) is -1.69. The molecule has 1 aromatic heterocycles. The molecule has 3 rings (SSSR count). The molecule has 160 valence electrons. The van der Waals surface area contributed by atoms with E-state index in [4.69, 9.17) is 9.63 Å². The van der Waals surface area contributed by atoms with Gasteiger partial charge in [0.1, 0.15) is 0 Å². The zero-order valence-corrected chi connectivity index (χ0v) is 16.9. The zero-order valence-electron chi connectivity index (χ0n) is 16.9. The fourth-order valence-corrected chi connectivity index (χ4v) is 2.72. The van der Waals surface area contributed by atoms with E-state index in [1.807, 2.05) is 18.2 Å². The van der Waals surface area contributed by atoms with Gasteiger partial charge in [-0.15, -0.1) is 0 Å². The number of hydrogen-bond acceptors (Lipinski definition) is 6. The molecule has 2 aromatic carbocycles. The van der Waals surface area contributed by atoms with Gasteiger partial charge < -0.3 is 25.2 Å². The van der Waals surface area contributed by atoms with E-state index in [-0.39, 0.29) is 18.1 Å². The lowest BCUT2D eigenvalue weighted by Crippen LogP contribution is -2.36. The van der Waals surface area contributed by atoms with Crippen LogP contribution in [0, 0.1) is 0 Å². The van der Waals surface area contributed by atoms with E-state index in [9.17, 15) is 14.4 Å². The SMILES string of the molecule is CC(CC(=O)O)N(C)C(=O)c1nc(-c2cccc(NC(=O)Nc3ccccc3)c2)no1. The Kier molecular flexibility index (Phi) is 6.61. The Hall–Kier alpha value is -4.21. The number of para-hydroxylation sites is 1. The van der Waals surface area contributed by atoms with E-state index in [1.165, 1.54) is 11.9 Å². The monoisotopic (exact) mass is 423 g/mol. The summed E-state index contributed by atoms with van der Waals surface area (Å²) in [7, 11) is 1.47. The molecule has 0 fully saturated rings. The van der Waals surface area contributed by atoms with Crippen molar-refractivity contribution in [2.75, 3.05) is 17.7 Å². The second-order valence-corrected chi connectivity index (χ2v) is 6.81. The number of nitrogens with zero attached hydrogens (tertiary/aromatic N) is 3. The van der Waals surface area contributed by atoms with E-state index >= 15 is 0 Å². The zero-order chi connectivity index (χ0) is 22.4. The third-order valence-corrected chi connectivity index (χ3v) is 4.47. The van der Waals surface area contributed by atoms with E-state index in [1.54, 1.807) is 43.3 Å². The maximum absolute atomic E-state index is 12.5. The average molecular weight is 423 g/mol. The summed E-state index contributed by atoms with van der Waals surface area (Å²) >= 11 is 0. The van der Waals surface area contributed by atoms with Crippen molar-refractivity contribution < 1.29 is 24.0 Å². The molecule has 0 bridgehead atoms. The summed E-state index contributed by atoms with van der Waals surface area (Å²) in [6.45, 7) is 1.61. The third kappa shape index (κ3) is 5.66. The number of hydrogen-bond donors (Lipinski definition) is 3. The van der Waals surface area contributed by atoms with Crippen LogP contribution in [0.4, 0.5) is 16.2 Å². The van der Waals surface area contributed by atoms with E-state index in [0.29, 0.717) is 16.9 Å². The molecule has 3 aromatic rings. The van der Waals surface area contributed by atoms with Crippen molar-refractivity contribution >= 4 is 29.3 Å². The first kappa shape index (κ1) is 21.5. The van der Waals surface area contributed by atoms with Crippen molar-refractivity contribution in [3.05, 3.63) is 60.5 Å². The maximum atomic E-state index is 12.5. The van der Waals surface area contributed by atoms with Gasteiger partial charge in [0.2, 0.25) is 5.82 Å². The molecule has 0 saturated carbocycles. The molecule has 0 aliphatic rings. The molecule has 0 aliphatic carbocycles. The van der Waals surface area contributed by atoms with Crippen molar-refractivity contribution in [3.63, 3.8) is 0 Å². The lowest BCUT2D eigenvalue weighted by Gasteiger charge is -2.21. The molecule has 3 amide bonds. The Balaban J connectivity index is 1.69. The Labute approximate surface area is 177 Å². The standard InChI is InChI=1S/C21H21N5O5/c1-13(11-17(27)28)26(2)20(29)19-24-18(25-31-19)14-7-6-10-16(12-14)23-21(30)22-15-8-4-3-5-9-15/h3-10,12-13H,11H2,1-2H3,(H,27,28)(H2,22,23,30). The Bertz CT molecular complexity index is 1080. The second-order valence-electron chi connectivity index (χ2n) is 6.81. The number of carboxylic acids is 1. The summed E-state index contributed by atoms with van der Waals surface area (Å²) in [4.78, 5) is 40.8. The number of aromatic nitrogens is 2. The van der Waals surface area contributed by atoms with Crippen molar-refractivity contribution in [1.82, 2.24) is 15.0 Å². The molecule has 3 N–H and O–H groups in total. The van der Waals surface area contributed by atoms with Crippen molar-refractivity contribution in [2.45, 2.75) is 19.4 Å². The van der Waals surface area contributed by atoms with E-state index in [0.717, 1.165) is 0 Å². The number of anilines is 2. The third-order valence-electron chi connectivity index (χ3n) is 4.47. The highest BCUT2D eigenvalue weighted by Crippen LogP contribution is 2.21. The van der Waals surface area contributed by atoms with Crippen LogP contribution in [0.25, 0.3) is 11.4 Å². The fourth-order valence-electron chi connectivity index (χ4n) is 2.72. The number of nitrogens with one attached hydrogen (secondary N) is 2. The molecule has 1 heterocycles. The van der Waals surface area contributed by atoms with Gasteiger partial charge in [-0.1, -0.05) is 35.5 Å². The highest BCUT2D eigenvalue weighted by atomic mass is 16.5. The molecular formula is C21H21N5O5. The first-order valence-corrected chi connectivity index (χ1v) is 9.39. The van der Waals surface area contributed by atoms with Gasteiger partial charge in [-0.2, -0.15) is 4.98 Å². The first-order chi connectivity index (χ1) is 14.8. The van der Waals surface area contributed by atoms with Crippen LogP contribution in [-0.4, -0.2) is 51.1 Å². The normalized spacial score (nSPS) is 11.4. The van der Waals surface area contributed by atoms with Crippen molar-refractivity contribution in [3.8, 4) is 11.4 Å². The molecule has 1 atom stereocenters. The predicted octanol–water partition coefficient (Wildman–Crippen LogP) is 3.32. The lowest BCUT2D eigenvalue weighted by atomic mass is 10.2. The molecular weight excluding hydrogens is 402 g/mol. The number of carboxylic acid groups (broad SMARTS) is 1. The lowest BCUT2D eigenvalue weighted by molar-refractivity contribution is -0.137. The molecule has 0 aliphatic heterocycles. The van der Waals surface area contributed by atoms with Gasteiger partial charge in [0.25, 0.3) is 0 Å². The minimum atomic E-state index is -1.01. The predicted molar refractivity (Wildman–Crippen MR) is 113 cm³/mol. The van der Waals surface area contributed by atoms with Gasteiger partial charge in [0.15, 0.2) is 0 Å². The van der Waals surface area contributed by atoms with Gasteiger partial charge in [-0.05, 0) is 31.2 Å². The fraction of sp³-hybridized carbons (Fsp3) is 0.190. The largest absolute Gasteiger partial charge is 0.481 e. The average Bonchev–Trinajstić information content (AvgIpc) is 3.23. The van der Waals surface area contributed by atoms with Crippen LogP contribution in [0.15, 0.2) is 59.1 Å². The maximum Gasteiger partial charge on any atom is 0.323 e. The smallest absolute Gasteiger partial charge is 0.323 e. The second kappa shape index (κ2) is 9.53. The van der Waals surface area contributed by atoms with Gasteiger partial charge in [0.05, 0.1) is 6.42 Å². The van der Waals surface area contributed by atoms with Crippen molar-refractivity contribution in [2.24, 2.45) is 0 Å². The van der Waals surface area contributed by atoms with Crippen LogP contribution in [-0.2, 0) is 4.79 Å². The molecule has 1 unspecified atom stereocenters. The van der Waals surface area contributed by atoms with E-state index < -0.39 is 23.9 Å². The Morgan fingerprint density at radius 2 is 1.74 bits per heavy atom. The van der Waals surface area contributed by atoms with Gasteiger partial charge in [-0.25, -0.2) is 4.79 Å². The number of benzene rings is 2. The van der Waals surface area contributed by atoms with Gasteiger partial charge in [0, 0.05) is 30.0 Å². The highest BCUT2D eigenvalue weighted by molar-refractivity contribution is 6.00. The topological polar surface area (TPSA) is 138 Å². The summed E-state index contributed by atoms with van der Waals surface area (Å²) in [6, 6.07) is 14.8. The van der Waals surface area contributed by atoms with Crippen LogP contribution in [0.5, 0.6) is 0 Å². The minimum absolute atomic E-state index is 0.162. The number of carbonyl (C=O) groups excluding carboxylic acids is 2.